The van der Waals surface area contributed by atoms with Gasteiger partial charge in [0.25, 0.3) is 5.91 Å². The molecular weight excluding hydrogens is 412 g/mol. The number of hydrogen-bond acceptors (Lipinski definition) is 4. The largest absolute Gasteiger partial charge is 0.493 e. The summed E-state index contributed by atoms with van der Waals surface area (Å²) >= 11 is 0. The second kappa shape index (κ2) is 10.3. The number of pyridine rings is 1. The van der Waals surface area contributed by atoms with Gasteiger partial charge in [-0.05, 0) is 69.5 Å². The van der Waals surface area contributed by atoms with Crippen LogP contribution in [0, 0.1) is 13.8 Å². The summed E-state index contributed by atoms with van der Waals surface area (Å²) < 4.78 is 8.19. The van der Waals surface area contributed by atoms with Crippen molar-refractivity contribution in [3.8, 4) is 5.75 Å². The lowest BCUT2D eigenvalue weighted by molar-refractivity contribution is 0.0932. The quantitative estimate of drug-likeness (QED) is 0.353. The van der Waals surface area contributed by atoms with Crippen molar-refractivity contribution in [2.24, 2.45) is 0 Å². The van der Waals surface area contributed by atoms with E-state index < -0.39 is 0 Å². The maximum atomic E-state index is 12.6. The molecule has 0 aliphatic heterocycles. The van der Waals surface area contributed by atoms with Crippen LogP contribution < -0.4 is 10.1 Å². The zero-order chi connectivity index (χ0) is 23.2. The molecule has 4 rings (SSSR count). The highest BCUT2D eigenvalue weighted by molar-refractivity contribution is 5.92. The number of para-hydroxylation sites is 2. The van der Waals surface area contributed by atoms with E-state index in [-0.39, 0.29) is 11.9 Å². The monoisotopic (exact) mass is 442 g/mol. The molecule has 2 aromatic carbocycles. The summed E-state index contributed by atoms with van der Waals surface area (Å²) in [5.74, 6) is 1.58. The summed E-state index contributed by atoms with van der Waals surface area (Å²) in [5, 5.41) is 3.04. The number of hydrogen-bond donors (Lipinski definition) is 1. The summed E-state index contributed by atoms with van der Waals surface area (Å²) in [5.41, 5.74) is 4.80. The molecule has 6 heteroatoms. The zero-order valence-electron chi connectivity index (χ0n) is 19.4. The second-order valence-electron chi connectivity index (χ2n) is 8.35. The molecule has 0 fully saturated rings. The molecule has 0 aliphatic rings. The first kappa shape index (κ1) is 22.5. The maximum Gasteiger partial charge on any atom is 0.270 e. The molecule has 0 saturated heterocycles. The molecule has 0 radical (unpaired) electrons. The van der Waals surface area contributed by atoms with Gasteiger partial charge in [0.1, 0.15) is 17.3 Å². The Hall–Kier alpha value is -3.67. The van der Waals surface area contributed by atoms with Gasteiger partial charge in [0.15, 0.2) is 0 Å². The van der Waals surface area contributed by atoms with Crippen LogP contribution in [-0.2, 0) is 6.54 Å². The molecule has 1 amide bonds. The number of unbranched alkanes of at least 4 members (excludes halogenated alkanes) is 1. The molecule has 0 saturated carbocycles. The van der Waals surface area contributed by atoms with Gasteiger partial charge in [-0.3, -0.25) is 9.78 Å². The second-order valence-corrected chi connectivity index (χ2v) is 8.35. The molecule has 1 unspecified atom stereocenters. The van der Waals surface area contributed by atoms with E-state index in [0.717, 1.165) is 47.6 Å². The van der Waals surface area contributed by atoms with E-state index in [9.17, 15) is 4.79 Å². The van der Waals surface area contributed by atoms with E-state index in [0.29, 0.717) is 12.3 Å². The third-order valence-corrected chi connectivity index (χ3v) is 5.68. The Kier molecular flexibility index (Phi) is 7.03. The SMILES string of the molecule is Cc1ccc(OCCCCn2c(C(C)NC(=O)c3ccccn3)nc3ccccc32)c(C)c1. The number of aryl methyl sites for hydroxylation is 3. The molecule has 6 nitrogen and oxygen atoms in total. The van der Waals surface area contributed by atoms with Gasteiger partial charge < -0.3 is 14.6 Å². The first-order chi connectivity index (χ1) is 16.0. The minimum Gasteiger partial charge on any atom is -0.493 e. The van der Waals surface area contributed by atoms with Gasteiger partial charge >= 0.3 is 0 Å². The van der Waals surface area contributed by atoms with Gasteiger partial charge in [-0.15, -0.1) is 0 Å². The normalized spacial score (nSPS) is 12.0. The lowest BCUT2D eigenvalue weighted by Gasteiger charge is -2.16. The molecule has 2 aromatic heterocycles. The van der Waals surface area contributed by atoms with Crippen LogP contribution >= 0.6 is 0 Å². The number of carbonyl (C=O) groups is 1. The van der Waals surface area contributed by atoms with Crippen LogP contribution in [0.1, 0.15) is 53.2 Å². The number of nitrogens with zero attached hydrogens (tertiary/aromatic N) is 3. The Morgan fingerprint density at radius 1 is 1.06 bits per heavy atom. The number of nitrogens with one attached hydrogen (secondary N) is 1. The van der Waals surface area contributed by atoms with Crippen molar-refractivity contribution in [1.82, 2.24) is 19.9 Å². The topological polar surface area (TPSA) is 69.0 Å². The van der Waals surface area contributed by atoms with Crippen molar-refractivity contribution >= 4 is 16.9 Å². The van der Waals surface area contributed by atoms with Crippen LogP contribution in [0.5, 0.6) is 5.75 Å². The van der Waals surface area contributed by atoms with Crippen molar-refractivity contribution in [1.29, 1.82) is 0 Å². The maximum absolute atomic E-state index is 12.6. The summed E-state index contributed by atoms with van der Waals surface area (Å²) in [6, 6.07) is 19.4. The Morgan fingerprint density at radius 3 is 2.67 bits per heavy atom. The van der Waals surface area contributed by atoms with Gasteiger partial charge in [0.2, 0.25) is 0 Å². The van der Waals surface area contributed by atoms with E-state index in [4.69, 9.17) is 9.72 Å². The van der Waals surface area contributed by atoms with Gasteiger partial charge in [0, 0.05) is 12.7 Å². The number of amides is 1. The Morgan fingerprint density at radius 2 is 1.88 bits per heavy atom. The van der Waals surface area contributed by atoms with E-state index >= 15 is 0 Å². The average molecular weight is 443 g/mol. The van der Waals surface area contributed by atoms with Crippen molar-refractivity contribution in [3.05, 3.63) is 89.5 Å². The van der Waals surface area contributed by atoms with Gasteiger partial charge in [0.05, 0.1) is 23.7 Å². The van der Waals surface area contributed by atoms with E-state index in [1.54, 1.807) is 18.3 Å². The lowest BCUT2D eigenvalue weighted by Crippen LogP contribution is -2.29. The first-order valence-electron chi connectivity index (χ1n) is 11.4. The van der Waals surface area contributed by atoms with Crippen LogP contribution in [0.3, 0.4) is 0 Å². The predicted molar refractivity (Wildman–Crippen MR) is 130 cm³/mol. The summed E-state index contributed by atoms with van der Waals surface area (Å²) in [6.07, 6.45) is 3.49. The van der Waals surface area contributed by atoms with Crippen LogP contribution in [0.25, 0.3) is 11.0 Å². The lowest BCUT2D eigenvalue weighted by atomic mass is 10.1. The van der Waals surface area contributed by atoms with Crippen LogP contribution in [0.4, 0.5) is 0 Å². The predicted octanol–water partition coefficient (Wildman–Crippen LogP) is 5.40. The highest BCUT2D eigenvalue weighted by Gasteiger charge is 2.19. The number of benzene rings is 2. The number of ether oxygens (including phenoxy) is 1. The molecule has 2 heterocycles. The third-order valence-electron chi connectivity index (χ3n) is 5.68. The van der Waals surface area contributed by atoms with Gasteiger partial charge in [-0.1, -0.05) is 35.9 Å². The minimum atomic E-state index is -0.252. The molecule has 170 valence electrons. The highest BCUT2D eigenvalue weighted by atomic mass is 16.5. The van der Waals surface area contributed by atoms with E-state index in [1.165, 1.54) is 5.56 Å². The van der Waals surface area contributed by atoms with Gasteiger partial charge in [-0.25, -0.2) is 4.98 Å². The summed E-state index contributed by atoms with van der Waals surface area (Å²) in [7, 11) is 0. The van der Waals surface area contributed by atoms with E-state index in [1.807, 2.05) is 37.3 Å². The van der Waals surface area contributed by atoms with E-state index in [2.05, 4.69) is 46.9 Å². The molecule has 33 heavy (non-hydrogen) atoms. The van der Waals surface area contributed by atoms with Crippen molar-refractivity contribution in [2.45, 2.75) is 46.2 Å². The third kappa shape index (κ3) is 5.40. The van der Waals surface area contributed by atoms with Crippen molar-refractivity contribution < 1.29 is 9.53 Å². The molecule has 0 bridgehead atoms. The molecule has 1 N–H and O–H groups in total. The molecule has 4 aromatic rings. The molecule has 1 atom stereocenters. The Balaban J connectivity index is 1.42. The number of rotatable bonds is 9. The average Bonchev–Trinajstić information content (AvgIpc) is 3.19. The Labute approximate surface area is 194 Å². The van der Waals surface area contributed by atoms with Crippen LogP contribution in [-0.4, -0.2) is 27.0 Å². The first-order valence-corrected chi connectivity index (χ1v) is 11.4. The standard InChI is InChI=1S/C27H30N4O2/c1-19-13-14-25(20(2)18-19)33-17-9-8-16-31-24-12-5-4-10-22(24)30-26(31)21(3)29-27(32)23-11-6-7-15-28-23/h4-7,10-15,18,21H,8-9,16-17H2,1-3H3,(H,29,32). The number of imidazole rings is 1. The smallest absolute Gasteiger partial charge is 0.270 e. The van der Waals surface area contributed by atoms with Crippen LogP contribution in [0.2, 0.25) is 0 Å². The number of fused-ring (bicyclic) bond motifs is 1. The van der Waals surface area contributed by atoms with Gasteiger partial charge in [-0.2, -0.15) is 0 Å². The van der Waals surface area contributed by atoms with Crippen molar-refractivity contribution in [3.63, 3.8) is 0 Å². The molecular formula is C27H30N4O2. The number of carbonyl (C=O) groups excluding carboxylic acids is 1. The van der Waals surface area contributed by atoms with Crippen LogP contribution in [0.15, 0.2) is 66.9 Å². The molecule has 0 spiro atoms. The number of aromatic nitrogens is 3. The molecule has 0 aliphatic carbocycles. The Bertz CT molecular complexity index is 1230. The fraction of sp³-hybridized carbons (Fsp3) is 0.296. The summed E-state index contributed by atoms with van der Waals surface area (Å²) in [4.78, 5) is 21.6. The minimum absolute atomic E-state index is 0.205. The fourth-order valence-corrected chi connectivity index (χ4v) is 4.01. The highest BCUT2D eigenvalue weighted by Crippen LogP contribution is 2.23. The van der Waals surface area contributed by atoms with Crippen molar-refractivity contribution in [2.75, 3.05) is 6.61 Å². The fourth-order valence-electron chi connectivity index (χ4n) is 4.01. The zero-order valence-corrected chi connectivity index (χ0v) is 19.4. The summed E-state index contributed by atoms with van der Waals surface area (Å²) in [6.45, 7) is 7.59.